The van der Waals surface area contributed by atoms with Crippen molar-refractivity contribution in [1.29, 1.82) is 0 Å². The molecular formula is C34H33N3O. The fourth-order valence-electron chi connectivity index (χ4n) is 5.73. The number of aromatic nitrogens is 2. The molecule has 0 aliphatic heterocycles. The van der Waals surface area contributed by atoms with Crippen LogP contribution in [0.25, 0.3) is 39.0 Å². The topological polar surface area (TPSA) is 43.0 Å². The van der Waals surface area contributed by atoms with Crippen LogP contribution in [0.1, 0.15) is 41.7 Å². The minimum Gasteiger partial charge on any atom is -0.456 e. The second-order valence-electron chi connectivity index (χ2n) is 10.7. The number of hydrogen-bond acceptors (Lipinski definition) is 3. The maximum Gasteiger partial charge on any atom is 0.144 e. The number of imidazole rings is 1. The predicted molar refractivity (Wildman–Crippen MR) is 157 cm³/mol. The highest BCUT2D eigenvalue weighted by Gasteiger charge is 2.24. The van der Waals surface area contributed by atoms with Gasteiger partial charge in [-0.25, -0.2) is 4.98 Å². The van der Waals surface area contributed by atoms with Gasteiger partial charge in [0.05, 0.1) is 5.69 Å². The van der Waals surface area contributed by atoms with Gasteiger partial charge in [-0.15, -0.1) is 0 Å². The van der Waals surface area contributed by atoms with Crippen molar-refractivity contribution in [3.8, 4) is 17.1 Å². The Kier molecular flexibility index (Phi) is 5.93. The van der Waals surface area contributed by atoms with Gasteiger partial charge >= 0.3 is 0 Å². The number of benzene rings is 4. The summed E-state index contributed by atoms with van der Waals surface area (Å²) in [5, 5.41) is 5.79. The van der Waals surface area contributed by atoms with Gasteiger partial charge in [0.1, 0.15) is 17.0 Å². The van der Waals surface area contributed by atoms with E-state index < -0.39 is 0 Å². The summed E-state index contributed by atoms with van der Waals surface area (Å²) in [6, 6.07) is 27.9. The molecule has 6 aromatic rings. The van der Waals surface area contributed by atoms with E-state index in [1.54, 1.807) is 0 Å². The van der Waals surface area contributed by atoms with Crippen LogP contribution in [-0.4, -0.2) is 16.6 Å². The van der Waals surface area contributed by atoms with Crippen molar-refractivity contribution in [2.24, 2.45) is 0 Å². The van der Waals surface area contributed by atoms with E-state index in [4.69, 9.17) is 9.40 Å². The molecule has 6 rings (SSSR count). The standard InChI is InChI=1S/C34H33N3O/c1-22-19-24(21-25-11-10-14-27-26-12-7-9-16-30(26)38-32(25)27)20-23(2)31(22)37-18-17-36-33(37)28-13-6-8-15-29(28)34(3,4)35-5/h6-20,35H,21H2,1-5H3. The van der Waals surface area contributed by atoms with Crippen LogP contribution in [0, 0.1) is 13.8 Å². The van der Waals surface area contributed by atoms with Gasteiger partial charge in [-0.05, 0) is 68.6 Å². The van der Waals surface area contributed by atoms with Crippen molar-refractivity contribution < 1.29 is 4.42 Å². The Balaban J connectivity index is 1.41. The molecule has 0 spiro atoms. The molecule has 0 saturated carbocycles. The molecule has 0 aliphatic rings. The van der Waals surface area contributed by atoms with Crippen LogP contribution >= 0.6 is 0 Å². The zero-order valence-electron chi connectivity index (χ0n) is 22.7. The van der Waals surface area contributed by atoms with Gasteiger partial charge in [-0.3, -0.25) is 4.57 Å². The number of fused-ring (bicyclic) bond motifs is 3. The molecule has 1 N–H and O–H groups in total. The third-order valence-corrected chi connectivity index (χ3v) is 7.78. The maximum atomic E-state index is 6.29. The van der Waals surface area contributed by atoms with Crippen LogP contribution < -0.4 is 5.32 Å². The van der Waals surface area contributed by atoms with Gasteiger partial charge in [-0.2, -0.15) is 0 Å². The summed E-state index contributed by atoms with van der Waals surface area (Å²) in [6.07, 6.45) is 4.78. The third-order valence-electron chi connectivity index (χ3n) is 7.78. The van der Waals surface area contributed by atoms with Crippen molar-refractivity contribution in [3.05, 3.63) is 119 Å². The molecule has 4 aromatic carbocycles. The van der Waals surface area contributed by atoms with Crippen LogP contribution in [0.4, 0.5) is 0 Å². The lowest BCUT2D eigenvalue weighted by Crippen LogP contribution is -2.33. The van der Waals surface area contributed by atoms with Crippen molar-refractivity contribution in [1.82, 2.24) is 14.9 Å². The van der Waals surface area contributed by atoms with Crippen LogP contribution in [-0.2, 0) is 12.0 Å². The average Bonchev–Trinajstić information content (AvgIpc) is 3.54. The van der Waals surface area contributed by atoms with Gasteiger partial charge in [0.25, 0.3) is 0 Å². The van der Waals surface area contributed by atoms with E-state index in [1.165, 1.54) is 44.3 Å². The molecule has 2 aromatic heterocycles. The van der Waals surface area contributed by atoms with Crippen LogP contribution in [0.2, 0.25) is 0 Å². The molecule has 4 heteroatoms. The number of rotatable bonds is 6. The number of nitrogens with one attached hydrogen (secondary N) is 1. The molecule has 38 heavy (non-hydrogen) atoms. The Morgan fingerprint density at radius 1 is 0.868 bits per heavy atom. The Bertz CT molecular complexity index is 1760. The van der Waals surface area contributed by atoms with E-state index in [9.17, 15) is 0 Å². The number of furan rings is 1. The minimum atomic E-state index is -0.182. The lowest BCUT2D eigenvalue weighted by atomic mass is 9.89. The Morgan fingerprint density at radius 2 is 1.58 bits per heavy atom. The number of nitrogens with zero attached hydrogens (tertiary/aromatic N) is 2. The number of hydrogen-bond donors (Lipinski definition) is 1. The zero-order valence-corrected chi connectivity index (χ0v) is 22.7. The zero-order chi connectivity index (χ0) is 26.4. The molecular weight excluding hydrogens is 466 g/mol. The maximum absolute atomic E-state index is 6.29. The Hall–Kier alpha value is -4.15. The largest absolute Gasteiger partial charge is 0.456 e. The molecule has 190 valence electrons. The third kappa shape index (κ3) is 4.02. The quantitative estimate of drug-likeness (QED) is 0.252. The molecule has 0 aliphatic carbocycles. The minimum absolute atomic E-state index is 0.182. The molecule has 0 unspecified atom stereocenters. The van der Waals surface area contributed by atoms with Gasteiger partial charge in [0.15, 0.2) is 0 Å². The molecule has 0 radical (unpaired) electrons. The number of aryl methyl sites for hydroxylation is 2. The normalized spacial score (nSPS) is 12.0. The highest BCUT2D eigenvalue weighted by atomic mass is 16.3. The van der Waals surface area contributed by atoms with Crippen molar-refractivity contribution in [2.45, 2.75) is 39.7 Å². The fraction of sp³-hybridized carbons (Fsp3) is 0.206. The first kappa shape index (κ1) is 24.2. The SMILES string of the molecule is CNC(C)(C)c1ccccc1-c1nccn1-c1c(C)cc(Cc2cccc3c2oc2ccccc23)cc1C. The van der Waals surface area contributed by atoms with Crippen molar-refractivity contribution in [3.63, 3.8) is 0 Å². The average molecular weight is 500 g/mol. The summed E-state index contributed by atoms with van der Waals surface area (Å²) in [4.78, 5) is 4.82. The van der Waals surface area contributed by atoms with Crippen LogP contribution in [0.15, 0.2) is 95.7 Å². The summed E-state index contributed by atoms with van der Waals surface area (Å²) < 4.78 is 8.53. The fourth-order valence-corrected chi connectivity index (χ4v) is 5.73. The molecule has 0 fully saturated rings. The molecule has 2 heterocycles. The van der Waals surface area contributed by atoms with Crippen LogP contribution in [0.5, 0.6) is 0 Å². The highest BCUT2D eigenvalue weighted by Crippen LogP contribution is 2.35. The van der Waals surface area contributed by atoms with E-state index in [-0.39, 0.29) is 5.54 Å². The molecule has 0 bridgehead atoms. The van der Waals surface area contributed by atoms with Crippen LogP contribution in [0.3, 0.4) is 0 Å². The van der Waals surface area contributed by atoms with Crippen molar-refractivity contribution >= 4 is 21.9 Å². The molecule has 0 amide bonds. The summed E-state index contributed by atoms with van der Waals surface area (Å²) in [5.41, 5.74) is 10.2. The van der Waals surface area contributed by atoms with E-state index in [2.05, 4.69) is 111 Å². The summed E-state index contributed by atoms with van der Waals surface area (Å²) >= 11 is 0. The first-order valence-corrected chi connectivity index (χ1v) is 13.2. The predicted octanol–water partition coefficient (Wildman–Crippen LogP) is 8.10. The highest BCUT2D eigenvalue weighted by molar-refractivity contribution is 6.05. The monoisotopic (exact) mass is 499 g/mol. The van der Waals surface area contributed by atoms with Crippen molar-refractivity contribution in [2.75, 3.05) is 7.05 Å². The molecule has 0 atom stereocenters. The Labute approximate surface area is 224 Å². The Morgan fingerprint density at radius 3 is 2.37 bits per heavy atom. The van der Waals surface area contributed by atoms with E-state index in [0.29, 0.717) is 0 Å². The summed E-state index contributed by atoms with van der Waals surface area (Å²) in [5.74, 6) is 0.954. The van der Waals surface area contributed by atoms with E-state index >= 15 is 0 Å². The smallest absolute Gasteiger partial charge is 0.144 e. The first-order valence-electron chi connectivity index (χ1n) is 13.2. The lowest BCUT2D eigenvalue weighted by Gasteiger charge is -2.27. The first-order chi connectivity index (χ1) is 18.4. The summed E-state index contributed by atoms with van der Waals surface area (Å²) in [7, 11) is 2.00. The lowest BCUT2D eigenvalue weighted by molar-refractivity contribution is 0.445. The van der Waals surface area contributed by atoms with E-state index in [1.807, 2.05) is 25.4 Å². The van der Waals surface area contributed by atoms with Gasteiger partial charge in [0, 0.05) is 40.7 Å². The van der Waals surface area contributed by atoms with E-state index in [0.717, 1.165) is 29.0 Å². The summed E-state index contributed by atoms with van der Waals surface area (Å²) in [6.45, 7) is 8.79. The number of para-hydroxylation sites is 2. The van der Waals surface area contributed by atoms with Gasteiger partial charge in [0.2, 0.25) is 0 Å². The second-order valence-corrected chi connectivity index (χ2v) is 10.7. The molecule has 4 nitrogen and oxygen atoms in total. The molecule has 0 saturated heterocycles. The van der Waals surface area contributed by atoms with Gasteiger partial charge in [-0.1, -0.05) is 72.8 Å². The second kappa shape index (κ2) is 9.30. The van der Waals surface area contributed by atoms with Gasteiger partial charge < -0.3 is 9.73 Å².